The minimum Gasteiger partial charge on any atom is -0.481 e. The van der Waals surface area contributed by atoms with Gasteiger partial charge in [0, 0.05) is 19.4 Å². The lowest BCUT2D eigenvalue weighted by Gasteiger charge is -2.11. The van der Waals surface area contributed by atoms with Crippen LogP contribution in [0.2, 0.25) is 0 Å². The lowest BCUT2D eigenvalue weighted by atomic mass is 10.1. The molecule has 0 spiro atoms. The molecular weight excluding hydrogens is 218 g/mol. The molecule has 0 aromatic rings. The molecule has 4 nitrogen and oxygen atoms in total. The van der Waals surface area contributed by atoms with Gasteiger partial charge in [0.1, 0.15) is 0 Å². The van der Waals surface area contributed by atoms with Gasteiger partial charge in [0.25, 0.3) is 0 Å². The monoisotopic (exact) mass is 243 g/mol. The molecule has 0 aromatic carbocycles. The summed E-state index contributed by atoms with van der Waals surface area (Å²) in [5, 5.41) is 11.4. The quantitative estimate of drug-likeness (QED) is 0.579. The maximum Gasteiger partial charge on any atom is 0.303 e. The summed E-state index contributed by atoms with van der Waals surface area (Å²) in [4.78, 5) is 21.8. The molecule has 0 aliphatic heterocycles. The van der Waals surface area contributed by atoms with E-state index >= 15 is 0 Å². The van der Waals surface area contributed by atoms with Crippen molar-refractivity contribution in [3.63, 3.8) is 0 Å². The normalized spacial score (nSPS) is 12.1. The summed E-state index contributed by atoms with van der Waals surface area (Å²) in [7, 11) is 0. The lowest BCUT2D eigenvalue weighted by Crippen LogP contribution is -2.28. The molecule has 0 heterocycles. The first-order chi connectivity index (χ1) is 8.06. The molecule has 0 saturated carbocycles. The standard InChI is InChI=1S/C13H25NO3/c1-3-4-5-6-7-12(15)14-10-11(2)8-9-13(16)17/h11H,3-10H2,1-2H3,(H,14,15)(H,16,17). The minimum absolute atomic E-state index is 0.0864. The van der Waals surface area contributed by atoms with Crippen LogP contribution in [0.15, 0.2) is 0 Å². The molecule has 0 aliphatic carbocycles. The van der Waals surface area contributed by atoms with Crippen molar-refractivity contribution in [2.45, 2.75) is 58.8 Å². The fourth-order valence-electron chi connectivity index (χ4n) is 1.56. The molecule has 0 aliphatic rings. The highest BCUT2D eigenvalue weighted by molar-refractivity contribution is 5.75. The Kier molecular flexibility index (Phi) is 9.49. The van der Waals surface area contributed by atoms with Crippen molar-refractivity contribution in [2.75, 3.05) is 6.54 Å². The number of rotatable bonds is 10. The van der Waals surface area contributed by atoms with E-state index in [0.29, 0.717) is 19.4 Å². The summed E-state index contributed by atoms with van der Waals surface area (Å²) >= 11 is 0. The molecule has 1 unspecified atom stereocenters. The number of carbonyl (C=O) groups excluding carboxylic acids is 1. The van der Waals surface area contributed by atoms with Gasteiger partial charge in [0.15, 0.2) is 0 Å². The highest BCUT2D eigenvalue weighted by Gasteiger charge is 2.07. The molecule has 0 saturated heterocycles. The number of nitrogens with one attached hydrogen (secondary N) is 1. The van der Waals surface area contributed by atoms with E-state index in [1.54, 1.807) is 0 Å². The number of aliphatic carboxylic acids is 1. The molecule has 4 heteroatoms. The molecule has 100 valence electrons. The first kappa shape index (κ1) is 15.9. The van der Waals surface area contributed by atoms with Crippen molar-refractivity contribution >= 4 is 11.9 Å². The number of hydrogen-bond acceptors (Lipinski definition) is 2. The first-order valence-electron chi connectivity index (χ1n) is 6.54. The summed E-state index contributed by atoms with van der Waals surface area (Å²) in [5.41, 5.74) is 0. The number of amides is 1. The molecule has 2 N–H and O–H groups in total. The van der Waals surface area contributed by atoms with E-state index in [9.17, 15) is 9.59 Å². The second-order valence-corrected chi connectivity index (χ2v) is 4.65. The average molecular weight is 243 g/mol. The smallest absolute Gasteiger partial charge is 0.303 e. The summed E-state index contributed by atoms with van der Waals surface area (Å²) in [6.07, 6.45) is 5.79. The molecular formula is C13H25NO3. The number of carboxylic acids is 1. The van der Waals surface area contributed by atoms with E-state index in [2.05, 4.69) is 12.2 Å². The maximum atomic E-state index is 11.4. The molecule has 0 aromatic heterocycles. The van der Waals surface area contributed by atoms with Crippen molar-refractivity contribution in [1.29, 1.82) is 0 Å². The third-order valence-electron chi connectivity index (χ3n) is 2.76. The zero-order valence-electron chi connectivity index (χ0n) is 11.0. The van der Waals surface area contributed by atoms with Gasteiger partial charge < -0.3 is 10.4 Å². The van der Waals surface area contributed by atoms with E-state index in [1.807, 2.05) is 6.92 Å². The zero-order valence-corrected chi connectivity index (χ0v) is 11.0. The van der Waals surface area contributed by atoms with Crippen LogP contribution in [-0.2, 0) is 9.59 Å². The van der Waals surface area contributed by atoms with Gasteiger partial charge in [-0.1, -0.05) is 33.1 Å². The van der Waals surface area contributed by atoms with E-state index in [4.69, 9.17) is 5.11 Å². The Bertz CT molecular complexity index is 229. The van der Waals surface area contributed by atoms with Crippen LogP contribution in [0.25, 0.3) is 0 Å². The topological polar surface area (TPSA) is 66.4 Å². The van der Waals surface area contributed by atoms with E-state index in [1.165, 1.54) is 12.8 Å². The van der Waals surface area contributed by atoms with Crippen LogP contribution in [-0.4, -0.2) is 23.5 Å². The Balaban J connectivity index is 3.45. The second-order valence-electron chi connectivity index (χ2n) is 4.65. The SMILES string of the molecule is CCCCCCC(=O)NCC(C)CCC(=O)O. The van der Waals surface area contributed by atoms with Gasteiger partial charge >= 0.3 is 5.97 Å². The lowest BCUT2D eigenvalue weighted by molar-refractivity contribution is -0.137. The van der Waals surface area contributed by atoms with Crippen LogP contribution in [0, 0.1) is 5.92 Å². The second kappa shape index (κ2) is 10.1. The Morgan fingerprint density at radius 2 is 1.88 bits per heavy atom. The van der Waals surface area contributed by atoms with Crippen LogP contribution in [0.3, 0.4) is 0 Å². The largest absolute Gasteiger partial charge is 0.481 e. The predicted octanol–water partition coefficient (Wildman–Crippen LogP) is 2.57. The van der Waals surface area contributed by atoms with E-state index in [0.717, 1.165) is 12.8 Å². The molecule has 0 fully saturated rings. The summed E-state index contributed by atoms with van der Waals surface area (Å²) in [6.45, 7) is 4.68. The Morgan fingerprint density at radius 1 is 1.18 bits per heavy atom. The zero-order chi connectivity index (χ0) is 13.1. The summed E-state index contributed by atoms with van der Waals surface area (Å²) in [5.74, 6) is -0.461. The van der Waals surface area contributed by atoms with Crippen LogP contribution in [0.1, 0.15) is 58.8 Å². The first-order valence-corrected chi connectivity index (χ1v) is 6.54. The van der Waals surface area contributed by atoms with Crippen LogP contribution >= 0.6 is 0 Å². The average Bonchev–Trinajstić information content (AvgIpc) is 2.29. The van der Waals surface area contributed by atoms with E-state index in [-0.39, 0.29) is 18.2 Å². The van der Waals surface area contributed by atoms with Gasteiger partial charge in [-0.05, 0) is 18.8 Å². The van der Waals surface area contributed by atoms with Crippen molar-refractivity contribution in [1.82, 2.24) is 5.32 Å². The van der Waals surface area contributed by atoms with E-state index < -0.39 is 5.97 Å². The molecule has 0 bridgehead atoms. The molecule has 1 atom stereocenters. The number of carboxylic acid groups (broad SMARTS) is 1. The highest BCUT2D eigenvalue weighted by atomic mass is 16.4. The van der Waals surface area contributed by atoms with Gasteiger partial charge in [-0.3, -0.25) is 9.59 Å². The van der Waals surface area contributed by atoms with Crippen molar-refractivity contribution in [3.05, 3.63) is 0 Å². The van der Waals surface area contributed by atoms with Crippen LogP contribution in [0.5, 0.6) is 0 Å². The fourth-order valence-corrected chi connectivity index (χ4v) is 1.56. The van der Waals surface area contributed by atoms with Gasteiger partial charge in [-0.2, -0.15) is 0 Å². The summed E-state index contributed by atoms with van der Waals surface area (Å²) < 4.78 is 0. The highest BCUT2D eigenvalue weighted by Crippen LogP contribution is 2.05. The Labute approximate surface area is 104 Å². The van der Waals surface area contributed by atoms with Crippen molar-refractivity contribution in [2.24, 2.45) is 5.92 Å². The van der Waals surface area contributed by atoms with Crippen molar-refractivity contribution in [3.8, 4) is 0 Å². The third kappa shape index (κ3) is 11.2. The third-order valence-corrected chi connectivity index (χ3v) is 2.76. The molecule has 1 amide bonds. The maximum absolute atomic E-state index is 11.4. The van der Waals surface area contributed by atoms with Gasteiger partial charge in [-0.25, -0.2) is 0 Å². The predicted molar refractivity (Wildman–Crippen MR) is 67.8 cm³/mol. The minimum atomic E-state index is -0.775. The Morgan fingerprint density at radius 3 is 2.47 bits per heavy atom. The van der Waals surface area contributed by atoms with Gasteiger partial charge in [-0.15, -0.1) is 0 Å². The number of unbranched alkanes of at least 4 members (excludes halogenated alkanes) is 3. The molecule has 0 rings (SSSR count). The summed E-state index contributed by atoms with van der Waals surface area (Å²) in [6, 6.07) is 0. The number of hydrogen-bond donors (Lipinski definition) is 2. The van der Waals surface area contributed by atoms with Crippen molar-refractivity contribution < 1.29 is 14.7 Å². The molecule has 0 radical (unpaired) electrons. The van der Waals surface area contributed by atoms with Crippen LogP contribution < -0.4 is 5.32 Å². The Hall–Kier alpha value is -1.06. The fraction of sp³-hybridized carbons (Fsp3) is 0.846. The molecule has 17 heavy (non-hydrogen) atoms. The number of carbonyl (C=O) groups is 2. The van der Waals surface area contributed by atoms with Gasteiger partial charge in [0.05, 0.1) is 0 Å². The van der Waals surface area contributed by atoms with Gasteiger partial charge in [0.2, 0.25) is 5.91 Å². The van der Waals surface area contributed by atoms with Crippen LogP contribution in [0.4, 0.5) is 0 Å².